The van der Waals surface area contributed by atoms with Gasteiger partial charge in [0, 0.05) is 30.8 Å². The zero-order chi connectivity index (χ0) is 21.3. The molecule has 0 saturated heterocycles. The lowest BCUT2D eigenvalue weighted by molar-refractivity contribution is -0.384. The van der Waals surface area contributed by atoms with E-state index < -0.39 is 4.92 Å². The quantitative estimate of drug-likeness (QED) is 0.230. The van der Waals surface area contributed by atoms with Crippen LogP contribution in [0.25, 0.3) is 0 Å². The number of nitrogens with zero attached hydrogens (tertiary/aromatic N) is 4. The highest BCUT2D eigenvalue weighted by Gasteiger charge is 2.14. The molecule has 154 valence electrons. The molecule has 0 aliphatic rings. The number of non-ortho nitro benzene ring substituents is 1. The predicted octanol–water partition coefficient (Wildman–Crippen LogP) is 3.89. The zero-order valence-corrected chi connectivity index (χ0v) is 17.0. The number of aromatic nitrogens is 3. The molecule has 0 atom stereocenters. The van der Waals surface area contributed by atoms with Crippen molar-refractivity contribution in [1.29, 1.82) is 0 Å². The van der Waals surface area contributed by atoms with E-state index in [1.165, 1.54) is 35.5 Å². The Morgan fingerprint density at radius 2 is 1.97 bits per heavy atom. The van der Waals surface area contributed by atoms with Crippen molar-refractivity contribution in [3.63, 3.8) is 0 Å². The summed E-state index contributed by atoms with van der Waals surface area (Å²) in [6, 6.07) is 16.0. The van der Waals surface area contributed by atoms with Gasteiger partial charge in [0.25, 0.3) is 5.69 Å². The molecule has 1 aromatic heterocycles. The van der Waals surface area contributed by atoms with E-state index in [0.717, 1.165) is 18.7 Å². The first-order chi connectivity index (χ1) is 14.6. The molecule has 1 heterocycles. The molecule has 0 spiro atoms. The lowest BCUT2D eigenvalue weighted by Crippen LogP contribution is -2.15. The molecule has 0 unspecified atom stereocenters. The minimum absolute atomic E-state index is 0.0748. The maximum Gasteiger partial charge on any atom is 0.271 e. The summed E-state index contributed by atoms with van der Waals surface area (Å²) in [7, 11) is 0. The van der Waals surface area contributed by atoms with Gasteiger partial charge in [-0.05, 0) is 18.1 Å². The summed E-state index contributed by atoms with van der Waals surface area (Å²) in [5, 5.41) is 22.7. The van der Waals surface area contributed by atoms with E-state index >= 15 is 0 Å². The second-order valence-corrected chi connectivity index (χ2v) is 7.37. The summed E-state index contributed by atoms with van der Waals surface area (Å²) in [4.78, 5) is 22.6. The number of nitrogens with one attached hydrogen (secondary N) is 1. The van der Waals surface area contributed by atoms with Crippen LogP contribution < -0.4 is 5.32 Å². The van der Waals surface area contributed by atoms with Gasteiger partial charge in [-0.15, -0.1) is 16.8 Å². The first-order valence-corrected chi connectivity index (χ1v) is 10.3. The molecule has 0 saturated carbocycles. The van der Waals surface area contributed by atoms with Crippen LogP contribution in [-0.4, -0.2) is 31.3 Å². The lowest BCUT2D eigenvalue weighted by Gasteiger charge is -2.08. The normalized spacial score (nSPS) is 10.5. The van der Waals surface area contributed by atoms with Crippen molar-refractivity contribution in [2.75, 3.05) is 11.1 Å². The van der Waals surface area contributed by atoms with E-state index in [4.69, 9.17) is 0 Å². The molecular weight excluding hydrogens is 402 g/mol. The topological polar surface area (TPSA) is 103 Å². The largest absolute Gasteiger partial charge is 0.325 e. The number of rotatable bonds is 10. The Morgan fingerprint density at radius 3 is 2.70 bits per heavy atom. The van der Waals surface area contributed by atoms with Crippen molar-refractivity contribution in [2.45, 2.75) is 24.5 Å². The summed E-state index contributed by atoms with van der Waals surface area (Å²) >= 11 is 1.26. The van der Waals surface area contributed by atoms with Crippen molar-refractivity contribution in [2.24, 2.45) is 0 Å². The fourth-order valence-corrected chi connectivity index (χ4v) is 3.62. The third kappa shape index (κ3) is 5.77. The van der Waals surface area contributed by atoms with Gasteiger partial charge in [-0.2, -0.15) is 0 Å². The average molecular weight is 423 g/mol. The predicted molar refractivity (Wildman–Crippen MR) is 117 cm³/mol. The number of carbonyl (C=O) groups excluding carboxylic acids is 1. The highest BCUT2D eigenvalue weighted by atomic mass is 32.2. The van der Waals surface area contributed by atoms with Crippen molar-refractivity contribution in [3.8, 4) is 0 Å². The first kappa shape index (κ1) is 21.3. The third-order valence-corrected chi connectivity index (χ3v) is 5.23. The minimum Gasteiger partial charge on any atom is -0.325 e. The molecule has 3 aromatic rings. The molecule has 0 aliphatic heterocycles. The van der Waals surface area contributed by atoms with Gasteiger partial charge < -0.3 is 9.88 Å². The van der Waals surface area contributed by atoms with Crippen molar-refractivity contribution in [1.82, 2.24) is 14.8 Å². The Balaban J connectivity index is 1.61. The van der Waals surface area contributed by atoms with E-state index in [0.29, 0.717) is 17.4 Å². The van der Waals surface area contributed by atoms with E-state index in [-0.39, 0.29) is 17.3 Å². The van der Waals surface area contributed by atoms with Crippen LogP contribution in [0.2, 0.25) is 0 Å². The zero-order valence-electron chi connectivity index (χ0n) is 16.2. The minimum atomic E-state index is -0.501. The molecule has 0 aliphatic carbocycles. The van der Waals surface area contributed by atoms with E-state index in [1.54, 1.807) is 12.1 Å². The number of aryl methyl sites for hydroxylation is 2. The summed E-state index contributed by atoms with van der Waals surface area (Å²) in [5.41, 5.74) is 1.52. The fraction of sp³-hybridized carbons (Fsp3) is 0.190. The number of anilines is 1. The van der Waals surface area contributed by atoms with Gasteiger partial charge >= 0.3 is 0 Å². The molecule has 30 heavy (non-hydrogen) atoms. The second-order valence-electron chi connectivity index (χ2n) is 6.43. The number of nitro groups is 1. The third-order valence-electron chi connectivity index (χ3n) is 4.26. The molecule has 9 heteroatoms. The number of amides is 1. The number of allylic oxidation sites excluding steroid dienone is 1. The van der Waals surface area contributed by atoms with Crippen LogP contribution in [-0.2, 0) is 24.2 Å². The van der Waals surface area contributed by atoms with Crippen LogP contribution >= 0.6 is 11.8 Å². The fourth-order valence-electron chi connectivity index (χ4n) is 2.85. The maximum atomic E-state index is 12.3. The molecule has 0 radical (unpaired) electrons. The van der Waals surface area contributed by atoms with E-state index in [1.807, 2.05) is 22.8 Å². The van der Waals surface area contributed by atoms with Crippen LogP contribution in [0.3, 0.4) is 0 Å². The van der Waals surface area contributed by atoms with Gasteiger partial charge in [-0.3, -0.25) is 14.9 Å². The van der Waals surface area contributed by atoms with Crippen LogP contribution in [0.1, 0.15) is 11.4 Å². The standard InChI is InChI=1S/C21H21N5O3S/c1-2-13-25-19(12-11-16-7-4-3-5-8-16)23-24-21(25)30-15-20(27)22-17-9-6-10-18(14-17)26(28)29/h2-10,14H,1,11-13,15H2,(H,22,27). The molecule has 2 aromatic carbocycles. The highest BCUT2D eigenvalue weighted by Crippen LogP contribution is 2.20. The van der Waals surface area contributed by atoms with Gasteiger partial charge in [0.2, 0.25) is 5.91 Å². The van der Waals surface area contributed by atoms with E-state index in [2.05, 4.69) is 34.2 Å². The maximum absolute atomic E-state index is 12.3. The number of benzene rings is 2. The molecule has 1 amide bonds. The Bertz CT molecular complexity index is 1040. The van der Waals surface area contributed by atoms with Gasteiger partial charge in [-0.1, -0.05) is 54.2 Å². The molecular formula is C21H21N5O3S. The van der Waals surface area contributed by atoms with Crippen molar-refractivity contribution in [3.05, 3.63) is 88.8 Å². The number of nitro benzene ring substituents is 1. The van der Waals surface area contributed by atoms with E-state index in [9.17, 15) is 14.9 Å². The van der Waals surface area contributed by atoms with Gasteiger partial charge in [0.05, 0.1) is 10.7 Å². The van der Waals surface area contributed by atoms with Gasteiger partial charge in [0.1, 0.15) is 5.82 Å². The second kappa shape index (κ2) is 10.4. The van der Waals surface area contributed by atoms with Crippen molar-refractivity contribution >= 4 is 29.0 Å². The van der Waals surface area contributed by atoms with Gasteiger partial charge in [0.15, 0.2) is 5.16 Å². The average Bonchev–Trinajstić information content (AvgIpc) is 3.13. The Labute approximate surface area is 178 Å². The summed E-state index contributed by atoms with van der Waals surface area (Å²) < 4.78 is 1.95. The first-order valence-electron chi connectivity index (χ1n) is 9.31. The number of hydrogen-bond donors (Lipinski definition) is 1. The van der Waals surface area contributed by atoms with Crippen LogP contribution in [0.4, 0.5) is 11.4 Å². The Hall–Kier alpha value is -3.46. The monoisotopic (exact) mass is 423 g/mol. The Morgan fingerprint density at radius 1 is 1.17 bits per heavy atom. The summed E-state index contributed by atoms with van der Waals surface area (Å²) in [6.45, 7) is 4.34. The molecule has 8 nitrogen and oxygen atoms in total. The molecule has 0 fully saturated rings. The van der Waals surface area contributed by atoms with Crippen LogP contribution in [0.15, 0.2) is 72.4 Å². The Kier molecular flexibility index (Phi) is 7.34. The molecule has 3 rings (SSSR count). The van der Waals surface area contributed by atoms with Crippen molar-refractivity contribution < 1.29 is 9.72 Å². The highest BCUT2D eigenvalue weighted by molar-refractivity contribution is 7.99. The van der Waals surface area contributed by atoms with Crippen LogP contribution in [0.5, 0.6) is 0 Å². The van der Waals surface area contributed by atoms with Gasteiger partial charge in [-0.25, -0.2) is 0 Å². The summed E-state index contributed by atoms with van der Waals surface area (Å²) in [6.07, 6.45) is 3.34. The molecule has 0 bridgehead atoms. The van der Waals surface area contributed by atoms with Crippen LogP contribution in [0, 0.1) is 10.1 Å². The SMILES string of the molecule is C=CCn1c(CCc2ccccc2)nnc1SCC(=O)Nc1cccc([N+](=O)[O-])c1. The number of carbonyl (C=O) groups is 1. The smallest absolute Gasteiger partial charge is 0.271 e. The molecule has 1 N–H and O–H groups in total. The number of thioether (sulfide) groups is 1. The number of hydrogen-bond acceptors (Lipinski definition) is 6. The lowest BCUT2D eigenvalue weighted by atomic mass is 10.1. The summed E-state index contributed by atoms with van der Waals surface area (Å²) in [5.74, 6) is 0.663.